The zero-order chi connectivity index (χ0) is 44.1. The molecular weight excluding hydrogens is 844 g/mol. The lowest BCUT2D eigenvalue weighted by atomic mass is 10.0. The van der Waals surface area contributed by atoms with E-state index in [2.05, 4.69) is 5.10 Å². The molecule has 10 nitrogen and oxygen atoms in total. The molecule has 0 N–H and O–H groups in total. The van der Waals surface area contributed by atoms with Crippen LogP contribution in [0.1, 0.15) is 63.8 Å². The van der Waals surface area contributed by atoms with Crippen molar-refractivity contribution in [3.63, 3.8) is 0 Å². The van der Waals surface area contributed by atoms with Crippen molar-refractivity contribution in [3.05, 3.63) is 195 Å². The van der Waals surface area contributed by atoms with Crippen LogP contribution in [0.15, 0.2) is 138 Å². The first-order chi connectivity index (χ1) is 29.6. The number of alkyl halides is 6. The number of ether oxygens (including phenoxy) is 2. The Morgan fingerprint density at radius 1 is 0.742 bits per heavy atom. The summed E-state index contributed by atoms with van der Waals surface area (Å²) in [7, 11) is -4.58. The average Bonchev–Trinajstić information content (AvgIpc) is 3.57. The molecule has 1 fully saturated rings. The number of halogens is 7. The molecule has 0 unspecified atom stereocenters. The van der Waals surface area contributed by atoms with E-state index in [9.17, 15) is 40.1 Å². The van der Waals surface area contributed by atoms with E-state index in [0.29, 0.717) is 38.8 Å². The molecule has 1 aliphatic heterocycles. The molecule has 0 amide bonds. The summed E-state index contributed by atoms with van der Waals surface area (Å²) in [4.78, 5) is 16.3. The summed E-state index contributed by atoms with van der Waals surface area (Å²) < 4.78 is 138. The number of hydrogen-bond acceptors (Lipinski definition) is 8. The normalized spacial score (nSPS) is 17.0. The van der Waals surface area contributed by atoms with Gasteiger partial charge in [0.15, 0.2) is 6.29 Å². The van der Waals surface area contributed by atoms with Gasteiger partial charge in [-0.1, -0.05) is 103 Å². The van der Waals surface area contributed by atoms with Crippen molar-refractivity contribution in [1.82, 2.24) is 19.0 Å². The molecule has 1 aromatic heterocycles. The average molecular weight is 885 g/mol. The van der Waals surface area contributed by atoms with Gasteiger partial charge in [-0.3, -0.25) is 18.5 Å². The highest BCUT2D eigenvalue weighted by Crippen LogP contribution is 2.49. The van der Waals surface area contributed by atoms with E-state index in [4.69, 9.17) is 18.5 Å². The Morgan fingerprint density at radius 2 is 1.26 bits per heavy atom. The van der Waals surface area contributed by atoms with Crippen LogP contribution >= 0.6 is 7.75 Å². The van der Waals surface area contributed by atoms with Crippen LogP contribution in [-0.2, 0) is 61.7 Å². The molecule has 0 radical (unpaired) electrons. The fourth-order valence-corrected chi connectivity index (χ4v) is 8.36. The Bertz CT molecular complexity index is 2440. The third-order valence-electron chi connectivity index (χ3n) is 10.1. The zero-order valence-electron chi connectivity index (χ0n) is 33.0. The minimum Gasteiger partial charge on any atom is -0.349 e. The highest BCUT2D eigenvalue weighted by atomic mass is 31.2. The number of nitrogens with zero attached hydrogens (tertiary/aromatic N) is 4. The molecule has 2 heterocycles. The Labute approximate surface area is 351 Å². The van der Waals surface area contributed by atoms with E-state index in [0.717, 1.165) is 0 Å². The zero-order valence-corrected chi connectivity index (χ0v) is 33.9. The first-order valence-electron chi connectivity index (χ1n) is 19.3. The monoisotopic (exact) mass is 884 g/mol. The van der Waals surface area contributed by atoms with Gasteiger partial charge in [-0.2, -0.15) is 26.3 Å². The first kappa shape index (κ1) is 44.6. The van der Waals surface area contributed by atoms with E-state index in [1.165, 1.54) is 35.8 Å². The predicted octanol–water partition coefficient (Wildman–Crippen LogP) is 10.3. The molecule has 7 rings (SSSR count). The van der Waals surface area contributed by atoms with Crippen LogP contribution < -0.4 is 5.69 Å². The van der Waals surface area contributed by atoms with E-state index < -0.39 is 66.7 Å². The second-order valence-electron chi connectivity index (χ2n) is 14.5. The Kier molecular flexibility index (Phi) is 13.6. The van der Waals surface area contributed by atoms with Crippen LogP contribution in [0.2, 0.25) is 0 Å². The Morgan fingerprint density at radius 3 is 1.77 bits per heavy atom. The molecular formula is C44H40F7N4O6P. The number of aromatic nitrogens is 3. The molecule has 5 aromatic carbocycles. The smallest absolute Gasteiger partial charge is 0.349 e. The van der Waals surface area contributed by atoms with Gasteiger partial charge in [0.2, 0.25) is 0 Å². The maximum absolute atomic E-state index is 14.9. The van der Waals surface area contributed by atoms with Gasteiger partial charge in [-0.15, -0.1) is 9.55 Å². The molecule has 0 bridgehead atoms. The lowest BCUT2D eigenvalue weighted by molar-refractivity contribution is -0.231. The Hall–Kier alpha value is -5.42. The van der Waals surface area contributed by atoms with Gasteiger partial charge in [0.05, 0.1) is 56.2 Å². The van der Waals surface area contributed by atoms with Gasteiger partial charge in [-0.25, -0.2) is 13.8 Å². The van der Waals surface area contributed by atoms with Crippen molar-refractivity contribution in [2.45, 2.75) is 64.0 Å². The van der Waals surface area contributed by atoms with Gasteiger partial charge in [-0.05, 0) is 65.1 Å². The van der Waals surface area contributed by atoms with E-state index in [-0.39, 0.29) is 51.3 Å². The van der Waals surface area contributed by atoms with E-state index in [1.54, 1.807) is 95.9 Å². The molecule has 0 saturated carbocycles. The third-order valence-corrected chi connectivity index (χ3v) is 11.7. The molecule has 326 valence electrons. The summed E-state index contributed by atoms with van der Waals surface area (Å²) in [5.74, 6) is -0.497. The number of rotatable bonds is 15. The summed E-state index contributed by atoms with van der Waals surface area (Å²) in [6, 6.07) is 32.0. The largest absolute Gasteiger partial charge is 0.460 e. The first-order valence-corrected chi connectivity index (χ1v) is 20.8. The quantitative estimate of drug-likeness (QED) is 0.0743. The predicted molar refractivity (Wildman–Crippen MR) is 213 cm³/mol. The van der Waals surface area contributed by atoms with Crippen molar-refractivity contribution in [1.29, 1.82) is 0 Å². The molecule has 3 atom stereocenters. The van der Waals surface area contributed by atoms with Gasteiger partial charge in [0.1, 0.15) is 11.6 Å². The van der Waals surface area contributed by atoms with Crippen LogP contribution in [0.5, 0.6) is 0 Å². The van der Waals surface area contributed by atoms with Crippen LogP contribution in [0.4, 0.5) is 30.7 Å². The molecule has 0 aliphatic carbocycles. The summed E-state index contributed by atoms with van der Waals surface area (Å²) in [5.41, 5.74) is -1.89. The summed E-state index contributed by atoms with van der Waals surface area (Å²) in [6.45, 7) is 0.764. The van der Waals surface area contributed by atoms with Crippen molar-refractivity contribution in [3.8, 4) is 0 Å². The van der Waals surface area contributed by atoms with Crippen LogP contribution in [0.25, 0.3) is 0 Å². The molecule has 6 aromatic rings. The van der Waals surface area contributed by atoms with Gasteiger partial charge in [0.25, 0.3) is 0 Å². The fraction of sp³-hybridized carbons (Fsp3) is 0.273. The number of morpholine rings is 1. The van der Waals surface area contributed by atoms with Gasteiger partial charge >= 0.3 is 25.8 Å². The summed E-state index contributed by atoms with van der Waals surface area (Å²) >= 11 is 0. The molecule has 1 aliphatic rings. The number of hydrogen-bond donors (Lipinski definition) is 0. The minimum atomic E-state index is -5.09. The fourth-order valence-electron chi connectivity index (χ4n) is 6.92. The van der Waals surface area contributed by atoms with Crippen molar-refractivity contribution in [2.75, 3.05) is 13.2 Å². The van der Waals surface area contributed by atoms with Crippen molar-refractivity contribution < 1.29 is 53.8 Å². The maximum Gasteiger partial charge on any atom is 0.460 e. The number of benzene rings is 5. The summed E-state index contributed by atoms with van der Waals surface area (Å²) in [6.07, 6.45) is -12.9. The topological polar surface area (TPSA) is 97.1 Å². The van der Waals surface area contributed by atoms with E-state index in [1.807, 2.05) is 0 Å². The second kappa shape index (κ2) is 18.9. The third kappa shape index (κ3) is 10.8. The second-order valence-corrected chi connectivity index (χ2v) is 16.3. The van der Waals surface area contributed by atoms with Crippen molar-refractivity contribution in [2.24, 2.45) is 0 Å². The molecule has 0 spiro atoms. The van der Waals surface area contributed by atoms with Crippen LogP contribution in [0.3, 0.4) is 0 Å². The van der Waals surface area contributed by atoms with Crippen LogP contribution in [-0.4, -0.2) is 38.5 Å². The van der Waals surface area contributed by atoms with Gasteiger partial charge < -0.3 is 9.47 Å². The lowest BCUT2D eigenvalue weighted by Gasteiger charge is -2.41. The lowest BCUT2D eigenvalue weighted by Crippen LogP contribution is -2.46. The maximum atomic E-state index is 14.9. The standard InChI is InChI=1S/C44H40F7N4O6P/c1-30(35-23-36(43(46,47)48)25-37(24-35)44(49,50)51)61-41-40(34-17-19-38(45)20-18-34)53(21-22-58-41)27-39-52-55(42(56)54(39)26-31-11-5-2-6-12-31)62(57,59-28-32-13-7-3-8-14-32)60-29-33-15-9-4-10-16-33/h2-20,23-25,30,40-41H,21-22,26-29H2,1H3/t30-,40+,41-/m1/s1. The highest BCUT2D eigenvalue weighted by molar-refractivity contribution is 7.51. The minimum absolute atomic E-state index is 0.0305. The summed E-state index contributed by atoms with van der Waals surface area (Å²) in [5, 5.41) is 4.60. The molecule has 1 saturated heterocycles. The highest BCUT2D eigenvalue weighted by Gasteiger charge is 2.41. The Balaban J connectivity index is 1.27. The van der Waals surface area contributed by atoms with E-state index >= 15 is 0 Å². The SMILES string of the molecule is C[C@@H](O[C@H]1OCCN(Cc2nn(P(=O)(OCc3ccccc3)OCc3ccccc3)c(=O)n2Cc2ccccc2)[C@H]1c1ccc(F)cc1)c1cc(C(F)(F)F)cc(C(F)(F)F)c1. The molecule has 62 heavy (non-hydrogen) atoms. The van der Waals surface area contributed by atoms with Crippen LogP contribution in [0, 0.1) is 5.82 Å². The van der Waals surface area contributed by atoms with Crippen molar-refractivity contribution >= 4 is 7.75 Å². The molecule has 18 heteroatoms. The van der Waals surface area contributed by atoms with Gasteiger partial charge in [0, 0.05) is 6.54 Å².